The summed E-state index contributed by atoms with van der Waals surface area (Å²) in [6.45, 7) is 5.71. The van der Waals surface area contributed by atoms with Crippen molar-refractivity contribution in [2.24, 2.45) is 5.41 Å². The molecule has 0 fully saturated rings. The first kappa shape index (κ1) is 15.8. The van der Waals surface area contributed by atoms with Gasteiger partial charge >= 0.3 is 0 Å². The predicted octanol–water partition coefficient (Wildman–Crippen LogP) is 1.57. The van der Waals surface area contributed by atoms with Crippen LogP contribution in [0.2, 0.25) is 0 Å². The molecule has 1 aliphatic rings. The van der Waals surface area contributed by atoms with Crippen molar-refractivity contribution >= 4 is 16.9 Å². The van der Waals surface area contributed by atoms with E-state index in [9.17, 15) is 13.6 Å². The zero-order chi connectivity index (χ0) is 10.9. The van der Waals surface area contributed by atoms with Gasteiger partial charge in [-0.2, -0.15) is 0 Å². The summed E-state index contributed by atoms with van der Waals surface area (Å²) in [6.07, 6.45) is 1.28. The fourth-order valence-corrected chi connectivity index (χ4v) is 2.70. The van der Waals surface area contributed by atoms with Gasteiger partial charge in [-0.05, 0) is 29.9 Å². The van der Waals surface area contributed by atoms with Crippen molar-refractivity contribution in [3.8, 4) is 0 Å². The molecule has 0 N–H and O–H groups in total. The quantitative estimate of drug-likeness (QED) is 0.704. The number of carbonyl (C=O) groups is 1. The molecule has 0 saturated carbocycles. The molecule has 1 rings (SSSR count). The van der Waals surface area contributed by atoms with Crippen LogP contribution in [0.25, 0.3) is 0 Å². The average molecular weight is 255 g/mol. The molecule has 3 nitrogen and oxygen atoms in total. The molecular formula is C10H15ArO3S-. The number of Topliss-reactive ketones (excluding diaryl/α,β-unsaturated/α-hetero) is 1. The Morgan fingerprint density at radius 1 is 1.47 bits per heavy atom. The van der Waals surface area contributed by atoms with Gasteiger partial charge in [-0.3, -0.25) is 9.00 Å². The summed E-state index contributed by atoms with van der Waals surface area (Å²) < 4.78 is 21.3. The Kier molecular flexibility index (Phi) is 6.22. The minimum atomic E-state index is -2.11. The van der Waals surface area contributed by atoms with E-state index in [1.165, 1.54) is 0 Å². The third kappa shape index (κ3) is 3.93. The van der Waals surface area contributed by atoms with Crippen LogP contribution >= 0.6 is 0 Å². The summed E-state index contributed by atoms with van der Waals surface area (Å²) in [5.41, 5.74) is 1.27. The molecule has 1 unspecified atom stereocenters. The monoisotopic (exact) mass is 255 g/mol. The van der Waals surface area contributed by atoms with Gasteiger partial charge in [0, 0.05) is 49.9 Å². The molecule has 0 aromatic heterocycles. The summed E-state index contributed by atoms with van der Waals surface area (Å²) in [5.74, 6) is 0.0784. The minimum Gasteiger partial charge on any atom is -0.772 e. The van der Waals surface area contributed by atoms with E-state index in [1.807, 2.05) is 13.8 Å². The molecule has 0 aliphatic heterocycles. The van der Waals surface area contributed by atoms with Crippen LogP contribution in [-0.2, 0) is 15.9 Å². The third-order valence-corrected chi connectivity index (χ3v) is 3.45. The van der Waals surface area contributed by atoms with E-state index in [0.717, 1.165) is 12.0 Å². The van der Waals surface area contributed by atoms with Crippen LogP contribution in [0.4, 0.5) is 0 Å². The maximum absolute atomic E-state index is 11.4. The van der Waals surface area contributed by atoms with Crippen molar-refractivity contribution in [3.05, 3.63) is 11.1 Å². The number of carbonyl (C=O) groups excluding carboxylic acids is 1. The van der Waals surface area contributed by atoms with Crippen molar-refractivity contribution < 1.29 is 51.3 Å². The normalized spacial score (nSPS) is 22.3. The van der Waals surface area contributed by atoms with Crippen LogP contribution in [0.1, 0.15) is 33.6 Å². The van der Waals surface area contributed by atoms with Crippen molar-refractivity contribution in [2.75, 3.05) is 5.75 Å². The maximum atomic E-state index is 11.4. The Balaban J connectivity index is 0.00000196. The van der Waals surface area contributed by atoms with E-state index in [1.54, 1.807) is 6.92 Å². The summed E-state index contributed by atoms with van der Waals surface area (Å²) in [6, 6.07) is 0. The van der Waals surface area contributed by atoms with Crippen LogP contribution in [-0.4, -0.2) is 20.3 Å². The molecule has 0 amide bonds. The summed E-state index contributed by atoms with van der Waals surface area (Å²) in [5, 5.41) is 0. The maximum Gasteiger partial charge on any atom is 0.158 e. The van der Waals surface area contributed by atoms with Gasteiger partial charge in [-0.1, -0.05) is 24.9 Å². The zero-order valence-corrected chi connectivity index (χ0v) is 10.6. The Bertz CT molecular complexity index is 321. The van der Waals surface area contributed by atoms with Gasteiger partial charge in [0.15, 0.2) is 5.78 Å². The second-order valence-electron chi connectivity index (χ2n) is 4.36. The summed E-state index contributed by atoms with van der Waals surface area (Å²) in [7, 11) is 0. The average Bonchev–Trinajstić information content (AvgIpc) is 2.06. The number of ketones is 1. The molecule has 0 heterocycles. The molecule has 0 bridgehead atoms. The number of hydrogen-bond donors (Lipinski definition) is 0. The molecule has 15 heavy (non-hydrogen) atoms. The van der Waals surface area contributed by atoms with Gasteiger partial charge in [0.2, 0.25) is 0 Å². The van der Waals surface area contributed by atoms with E-state index in [0.29, 0.717) is 12.0 Å². The summed E-state index contributed by atoms with van der Waals surface area (Å²) in [4.78, 5) is 11.4. The van der Waals surface area contributed by atoms with Crippen LogP contribution in [0.15, 0.2) is 11.1 Å². The molecule has 1 aliphatic carbocycles. The second-order valence-corrected chi connectivity index (χ2v) is 5.25. The number of rotatable bonds is 2. The fraction of sp³-hybridized carbons (Fsp3) is 0.700. The van der Waals surface area contributed by atoms with Crippen molar-refractivity contribution in [3.63, 3.8) is 0 Å². The van der Waals surface area contributed by atoms with Crippen molar-refractivity contribution in [2.45, 2.75) is 33.6 Å². The zero-order valence-electron chi connectivity index (χ0n) is 9.11. The minimum absolute atomic E-state index is 0. The van der Waals surface area contributed by atoms with Gasteiger partial charge in [0.05, 0.1) is 0 Å². The molecule has 0 saturated heterocycles. The molecule has 0 spiro atoms. The fourth-order valence-electron chi connectivity index (χ4n) is 1.86. The van der Waals surface area contributed by atoms with E-state index in [2.05, 4.69) is 0 Å². The van der Waals surface area contributed by atoms with Gasteiger partial charge in [0.1, 0.15) is 0 Å². The van der Waals surface area contributed by atoms with Crippen molar-refractivity contribution in [1.82, 2.24) is 0 Å². The Morgan fingerprint density at radius 2 is 2.00 bits per heavy atom. The van der Waals surface area contributed by atoms with E-state index in [4.69, 9.17) is 0 Å². The molecule has 88 valence electrons. The Morgan fingerprint density at radius 3 is 2.47 bits per heavy atom. The number of hydrogen-bond acceptors (Lipinski definition) is 3. The second kappa shape index (κ2) is 5.92. The predicted molar refractivity (Wildman–Crippen MR) is 54.5 cm³/mol. The topological polar surface area (TPSA) is 57.2 Å². The smallest absolute Gasteiger partial charge is 0.158 e. The largest absolute Gasteiger partial charge is 0.772 e. The van der Waals surface area contributed by atoms with E-state index in [-0.39, 0.29) is 54.7 Å². The molecular weight excluding hydrogens is 240 g/mol. The Hall–Kier alpha value is 0.780. The van der Waals surface area contributed by atoms with Gasteiger partial charge in [-0.15, -0.1) is 0 Å². The van der Waals surface area contributed by atoms with Crippen molar-refractivity contribution in [1.29, 1.82) is 0 Å². The molecule has 1 atom stereocenters. The van der Waals surface area contributed by atoms with Gasteiger partial charge < -0.3 is 4.55 Å². The third-order valence-electron chi connectivity index (χ3n) is 2.93. The van der Waals surface area contributed by atoms with Crippen LogP contribution < -0.4 is 0 Å². The Labute approximate surface area is 123 Å². The van der Waals surface area contributed by atoms with Gasteiger partial charge in [0.25, 0.3) is 0 Å². The van der Waals surface area contributed by atoms with Crippen LogP contribution in [0.5, 0.6) is 0 Å². The molecule has 0 aromatic rings. The molecule has 0 aromatic carbocycles. The molecule has 0 radical (unpaired) electrons. The SMILES string of the molecule is CC1=C(CS(=O)[O-])C(C)(C)CCC1=O.[Ar]. The number of allylic oxidation sites excluding steroid dienone is 1. The van der Waals surface area contributed by atoms with E-state index >= 15 is 0 Å². The van der Waals surface area contributed by atoms with Gasteiger partial charge in [-0.25, -0.2) is 0 Å². The van der Waals surface area contributed by atoms with Crippen LogP contribution in [0, 0.1) is 43.2 Å². The first-order chi connectivity index (χ1) is 6.34. The first-order valence-electron chi connectivity index (χ1n) is 4.64. The van der Waals surface area contributed by atoms with E-state index < -0.39 is 11.1 Å². The summed E-state index contributed by atoms with van der Waals surface area (Å²) >= 11 is -2.11. The molecule has 5 heteroatoms. The first-order valence-corrected chi connectivity index (χ1v) is 5.88. The standard InChI is InChI=1S/C10H16O3S.Ar/c1-7-8(6-14(12)13)10(2,3)5-4-9(7)11;/h4-6H2,1-3H3,(H,12,13);/p-1. The van der Waals surface area contributed by atoms with Crippen LogP contribution in [0.3, 0.4) is 0 Å².